The lowest BCUT2D eigenvalue weighted by Gasteiger charge is -2.09. The molecule has 0 saturated carbocycles. The molecule has 0 aliphatic rings. The van der Waals surface area contributed by atoms with Gasteiger partial charge in [0.1, 0.15) is 5.76 Å². The monoisotopic (exact) mass is 252 g/mol. The molecule has 0 amide bonds. The van der Waals surface area contributed by atoms with E-state index < -0.39 is 0 Å². The van der Waals surface area contributed by atoms with E-state index in [2.05, 4.69) is 24.1 Å². The van der Waals surface area contributed by atoms with E-state index in [1.807, 2.05) is 6.92 Å². The molecule has 18 heavy (non-hydrogen) atoms. The average molecular weight is 252 g/mol. The number of hydrogen-bond acceptors (Lipinski definition) is 3. The van der Waals surface area contributed by atoms with Gasteiger partial charge in [0.15, 0.2) is 0 Å². The first-order valence-electron chi connectivity index (χ1n) is 7.39. The molecule has 1 N–H and O–H groups in total. The van der Waals surface area contributed by atoms with Crippen LogP contribution in [0.1, 0.15) is 76.5 Å². The third kappa shape index (κ3) is 6.20. The summed E-state index contributed by atoms with van der Waals surface area (Å²) < 4.78 is 5.49. The SMILES string of the molecule is CCCCCCCCCNC(C)c1ncc(C)o1. The molecule has 1 rings (SSSR count). The van der Waals surface area contributed by atoms with Gasteiger partial charge < -0.3 is 9.73 Å². The zero-order valence-electron chi connectivity index (χ0n) is 12.2. The Hall–Kier alpha value is -0.830. The molecule has 104 valence electrons. The largest absolute Gasteiger partial charge is 0.444 e. The highest BCUT2D eigenvalue weighted by Crippen LogP contribution is 2.12. The Balaban J connectivity index is 1.97. The van der Waals surface area contributed by atoms with E-state index in [0.29, 0.717) is 0 Å². The molecule has 1 unspecified atom stereocenters. The van der Waals surface area contributed by atoms with E-state index in [9.17, 15) is 0 Å². The molecule has 0 aromatic carbocycles. The molecule has 1 atom stereocenters. The van der Waals surface area contributed by atoms with E-state index >= 15 is 0 Å². The Morgan fingerprint density at radius 2 is 1.83 bits per heavy atom. The Morgan fingerprint density at radius 1 is 1.17 bits per heavy atom. The smallest absolute Gasteiger partial charge is 0.211 e. The van der Waals surface area contributed by atoms with Crippen LogP contribution in [0.15, 0.2) is 10.6 Å². The standard InChI is InChI=1S/C15H28N2O/c1-4-5-6-7-8-9-10-11-16-14(3)15-17-12-13(2)18-15/h12,14,16H,4-11H2,1-3H3. The molecular weight excluding hydrogens is 224 g/mol. The van der Waals surface area contributed by atoms with Crippen LogP contribution < -0.4 is 5.32 Å². The number of nitrogens with zero attached hydrogens (tertiary/aromatic N) is 1. The van der Waals surface area contributed by atoms with Gasteiger partial charge in [-0.2, -0.15) is 0 Å². The minimum atomic E-state index is 0.221. The molecular formula is C15H28N2O. The summed E-state index contributed by atoms with van der Waals surface area (Å²) in [5.74, 6) is 1.69. The summed E-state index contributed by atoms with van der Waals surface area (Å²) in [7, 11) is 0. The Labute approximate surface area is 111 Å². The van der Waals surface area contributed by atoms with E-state index in [-0.39, 0.29) is 6.04 Å². The van der Waals surface area contributed by atoms with Crippen LogP contribution >= 0.6 is 0 Å². The van der Waals surface area contributed by atoms with Crippen LogP contribution in [-0.2, 0) is 0 Å². The van der Waals surface area contributed by atoms with E-state index in [4.69, 9.17) is 4.42 Å². The van der Waals surface area contributed by atoms with Crippen molar-refractivity contribution in [1.82, 2.24) is 10.3 Å². The number of aromatic nitrogens is 1. The van der Waals surface area contributed by atoms with Crippen LogP contribution in [0.4, 0.5) is 0 Å². The van der Waals surface area contributed by atoms with Gasteiger partial charge in [-0.1, -0.05) is 45.4 Å². The summed E-state index contributed by atoms with van der Waals surface area (Å²) in [5, 5.41) is 3.46. The van der Waals surface area contributed by atoms with Crippen LogP contribution in [0.25, 0.3) is 0 Å². The number of nitrogens with one attached hydrogen (secondary N) is 1. The van der Waals surface area contributed by atoms with Crippen LogP contribution in [-0.4, -0.2) is 11.5 Å². The fraction of sp³-hybridized carbons (Fsp3) is 0.800. The van der Waals surface area contributed by atoms with Crippen molar-refractivity contribution in [2.24, 2.45) is 0 Å². The van der Waals surface area contributed by atoms with Gasteiger partial charge >= 0.3 is 0 Å². The molecule has 3 nitrogen and oxygen atoms in total. The van der Waals surface area contributed by atoms with Crippen molar-refractivity contribution in [3.63, 3.8) is 0 Å². The van der Waals surface area contributed by atoms with Crippen molar-refractivity contribution in [2.45, 2.75) is 71.8 Å². The van der Waals surface area contributed by atoms with E-state index in [0.717, 1.165) is 18.2 Å². The number of aryl methyl sites for hydroxylation is 1. The number of oxazole rings is 1. The van der Waals surface area contributed by atoms with Gasteiger partial charge in [-0.15, -0.1) is 0 Å². The van der Waals surface area contributed by atoms with E-state index in [1.54, 1.807) is 6.20 Å². The molecule has 0 radical (unpaired) electrons. The lowest BCUT2D eigenvalue weighted by atomic mass is 10.1. The minimum Gasteiger partial charge on any atom is -0.444 e. The molecule has 1 heterocycles. The fourth-order valence-corrected chi connectivity index (χ4v) is 2.06. The van der Waals surface area contributed by atoms with Crippen molar-refractivity contribution in [3.05, 3.63) is 17.8 Å². The van der Waals surface area contributed by atoms with E-state index in [1.165, 1.54) is 44.9 Å². The van der Waals surface area contributed by atoms with Crippen LogP contribution in [0.5, 0.6) is 0 Å². The maximum Gasteiger partial charge on any atom is 0.211 e. The lowest BCUT2D eigenvalue weighted by molar-refractivity contribution is 0.399. The second kappa shape index (κ2) is 9.15. The highest BCUT2D eigenvalue weighted by Gasteiger charge is 2.09. The first kappa shape index (κ1) is 15.2. The topological polar surface area (TPSA) is 38.1 Å². The van der Waals surface area contributed by atoms with Gasteiger partial charge in [-0.05, 0) is 26.8 Å². The molecule has 0 saturated heterocycles. The second-order valence-electron chi connectivity index (χ2n) is 5.11. The summed E-state index contributed by atoms with van der Waals surface area (Å²) in [4.78, 5) is 4.24. The summed E-state index contributed by atoms with van der Waals surface area (Å²) >= 11 is 0. The van der Waals surface area contributed by atoms with Gasteiger partial charge in [-0.25, -0.2) is 4.98 Å². The van der Waals surface area contributed by atoms with Crippen molar-refractivity contribution in [1.29, 1.82) is 0 Å². The highest BCUT2D eigenvalue weighted by molar-refractivity contribution is 4.94. The molecule has 0 aliphatic heterocycles. The lowest BCUT2D eigenvalue weighted by Crippen LogP contribution is -2.20. The quantitative estimate of drug-likeness (QED) is 0.628. The molecule has 0 bridgehead atoms. The van der Waals surface area contributed by atoms with Gasteiger partial charge in [0.05, 0.1) is 12.2 Å². The Morgan fingerprint density at radius 3 is 2.44 bits per heavy atom. The normalized spacial score (nSPS) is 12.8. The predicted octanol–water partition coefficient (Wildman–Crippen LogP) is 4.38. The number of unbranched alkanes of at least 4 members (excludes halogenated alkanes) is 6. The van der Waals surface area contributed by atoms with Crippen molar-refractivity contribution in [3.8, 4) is 0 Å². The minimum absolute atomic E-state index is 0.221. The Bertz CT molecular complexity index is 309. The maximum absolute atomic E-state index is 5.49. The first-order chi connectivity index (χ1) is 8.74. The number of hydrogen-bond donors (Lipinski definition) is 1. The van der Waals surface area contributed by atoms with Gasteiger partial charge in [0.25, 0.3) is 0 Å². The third-order valence-corrected chi connectivity index (χ3v) is 3.24. The summed E-state index contributed by atoms with van der Waals surface area (Å²) in [6, 6.07) is 0.221. The van der Waals surface area contributed by atoms with Crippen LogP contribution in [0.2, 0.25) is 0 Å². The van der Waals surface area contributed by atoms with Gasteiger partial charge in [-0.3, -0.25) is 0 Å². The average Bonchev–Trinajstić information content (AvgIpc) is 2.79. The molecule has 3 heteroatoms. The predicted molar refractivity (Wildman–Crippen MR) is 75.7 cm³/mol. The first-order valence-corrected chi connectivity index (χ1v) is 7.39. The van der Waals surface area contributed by atoms with Crippen molar-refractivity contribution < 1.29 is 4.42 Å². The third-order valence-electron chi connectivity index (χ3n) is 3.24. The summed E-state index contributed by atoms with van der Waals surface area (Å²) in [5.41, 5.74) is 0. The van der Waals surface area contributed by atoms with Crippen LogP contribution in [0, 0.1) is 6.92 Å². The Kier molecular flexibility index (Phi) is 7.74. The zero-order valence-corrected chi connectivity index (χ0v) is 12.2. The molecule has 0 aliphatic carbocycles. The number of rotatable bonds is 10. The molecule has 1 aromatic heterocycles. The highest BCUT2D eigenvalue weighted by atomic mass is 16.4. The maximum atomic E-state index is 5.49. The fourth-order valence-electron chi connectivity index (χ4n) is 2.06. The summed E-state index contributed by atoms with van der Waals surface area (Å²) in [6.45, 7) is 7.35. The van der Waals surface area contributed by atoms with Crippen molar-refractivity contribution >= 4 is 0 Å². The second-order valence-corrected chi connectivity index (χ2v) is 5.11. The van der Waals surface area contributed by atoms with Crippen LogP contribution in [0.3, 0.4) is 0 Å². The molecule has 0 spiro atoms. The van der Waals surface area contributed by atoms with Crippen molar-refractivity contribution in [2.75, 3.05) is 6.54 Å². The molecule has 1 aromatic rings. The zero-order chi connectivity index (χ0) is 13.2. The molecule has 0 fully saturated rings. The van der Waals surface area contributed by atoms with Gasteiger partial charge in [0, 0.05) is 0 Å². The van der Waals surface area contributed by atoms with Gasteiger partial charge in [0.2, 0.25) is 5.89 Å². The summed E-state index contributed by atoms with van der Waals surface area (Å²) in [6.07, 6.45) is 11.2.